The largest absolute Gasteiger partial charge is 0.463 e. The van der Waals surface area contributed by atoms with Crippen LogP contribution in [0.3, 0.4) is 0 Å². The Hall–Kier alpha value is -1.20. The fourth-order valence-electron chi connectivity index (χ4n) is 3.58. The van der Waals surface area contributed by atoms with Crippen molar-refractivity contribution < 1.29 is 24.5 Å². The smallest absolute Gasteiger partial charge is 0.306 e. The normalized spacial score (nSPS) is 17.7. The van der Waals surface area contributed by atoms with Crippen LogP contribution in [0, 0.1) is 5.92 Å². The number of Topliss-reactive ketones (excluding diaryl/α,β-unsaturated/α-hetero) is 1. The zero-order valence-corrected chi connectivity index (χ0v) is 20.9. The maximum Gasteiger partial charge on any atom is 0.306 e. The number of unbranched alkanes of at least 4 members (excludes halogenated alkanes) is 5. The molecule has 0 aliphatic heterocycles. The van der Waals surface area contributed by atoms with E-state index in [2.05, 4.69) is 13.0 Å². The number of carbonyl (C=O) groups is 2. The Morgan fingerprint density at radius 3 is 2.23 bits per heavy atom. The maximum atomic E-state index is 11.7. The van der Waals surface area contributed by atoms with Gasteiger partial charge in [-0.05, 0) is 71.6 Å². The third kappa shape index (κ3) is 23.3. The first-order valence-electron chi connectivity index (χ1n) is 12.3. The Morgan fingerprint density at radius 1 is 1.00 bits per heavy atom. The molecule has 2 atom stereocenters. The third-order valence-electron chi connectivity index (χ3n) is 5.26. The summed E-state index contributed by atoms with van der Waals surface area (Å²) < 4.78 is 4.97. The molecule has 0 bridgehead atoms. The number of ketones is 1. The van der Waals surface area contributed by atoms with Gasteiger partial charge in [-0.1, -0.05) is 44.8 Å². The van der Waals surface area contributed by atoms with Gasteiger partial charge in [0.1, 0.15) is 5.78 Å². The Balaban J connectivity index is 0. The van der Waals surface area contributed by atoms with Gasteiger partial charge in [0, 0.05) is 26.4 Å². The van der Waals surface area contributed by atoms with Crippen molar-refractivity contribution in [3.8, 4) is 0 Å². The number of aliphatic hydroxyl groups is 2. The van der Waals surface area contributed by atoms with Crippen molar-refractivity contribution in [3.05, 3.63) is 12.2 Å². The molecule has 0 aromatic rings. The van der Waals surface area contributed by atoms with Gasteiger partial charge in [0.25, 0.3) is 0 Å². The van der Waals surface area contributed by atoms with Gasteiger partial charge in [0.15, 0.2) is 0 Å². The van der Waals surface area contributed by atoms with Crippen molar-refractivity contribution in [1.82, 2.24) is 0 Å². The number of rotatable bonds is 14. The average molecular weight is 443 g/mol. The summed E-state index contributed by atoms with van der Waals surface area (Å²) in [4.78, 5) is 22.6. The SMILES string of the molecule is C/C=C\CCCC(=O)OC(C)C.CCCCCCCC(=O)CCC1CCC(O)C1.CO. The number of ether oxygens (including phenoxy) is 1. The van der Waals surface area contributed by atoms with Gasteiger partial charge < -0.3 is 14.9 Å². The second kappa shape index (κ2) is 23.5. The first-order chi connectivity index (χ1) is 14.9. The Labute approximate surface area is 191 Å². The lowest BCUT2D eigenvalue weighted by atomic mass is 9.98. The quantitative estimate of drug-likeness (QED) is 0.191. The summed E-state index contributed by atoms with van der Waals surface area (Å²) in [5.74, 6) is 0.950. The minimum atomic E-state index is -0.0934. The molecule has 31 heavy (non-hydrogen) atoms. The number of aliphatic hydroxyl groups excluding tert-OH is 2. The summed E-state index contributed by atoms with van der Waals surface area (Å²) >= 11 is 0. The van der Waals surface area contributed by atoms with Crippen LogP contribution in [0.2, 0.25) is 0 Å². The zero-order valence-electron chi connectivity index (χ0n) is 20.9. The van der Waals surface area contributed by atoms with Crippen molar-refractivity contribution in [3.63, 3.8) is 0 Å². The van der Waals surface area contributed by atoms with E-state index < -0.39 is 0 Å². The highest BCUT2D eigenvalue weighted by Gasteiger charge is 2.22. The van der Waals surface area contributed by atoms with Crippen LogP contribution < -0.4 is 0 Å². The molecule has 1 saturated carbocycles. The van der Waals surface area contributed by atoms with Crippen molar-refractivity contribution in [2.75, 3.05) is 7.11 Å². The summed E-state index contributed by atoms with van der Waals surface area (Å²) in [6.07, 6.45) is 18.0. The van der Waals surface area contributed by atoms with Gasteiger partial charge in [-0.25, -0.2) is 0 Å². The van der Waals surface area contributed by atoms with Crippen LogP contribution in [-0.2, 0) is 14.3 Å². The lowest BCUT2D eigenvalue weighted by Gasteiger charge is -2.08. The molecule has 2 N–H and O–H groups in total. The molecule has 0 aromatic carbocycles. The van der Waals surface area contributed by atoms with E-state index in [1.165, 1.54) is 25.7 Å². The summed E-state index contributed by atoms with van der Waals surface area (Å²) in [6, 6.07) is 0. The topological polar surface area (TPSA) is 83.8 Å². The highest BCUT2D eigenvalue weighted by molar-refractivity contribution is 5.78. The molecule has 0 saturated heterocycles. The lowest BCUT2D eigenvalue weighted by Crippen LogP contribution is -2.10. The number of allylic oxidation sites excluding steroid dienone is 2. The summed E-state index contributed by atoms with van der Waals surface area (Å²) in [5, 5.41) is 16.4. The second-order valence-electron chi connectivity index (χ2n) is 8.57. The number of esters is 1. The molecule has 0 radical (unpaired) electrons. The molecule has 184 valence electrons. The average Bonchev–Trinajstić information content (AvgIpc) is 3.16. The Kier molecular flexibility index (Phi) is 24.2. The van der Waals surface area contributed by atoms with Crippen molar-refractivity contribution in [2.24, 2.45) is 5.92 Å². The van der Waals surface area contributed by atoms with Gasteiger partial charge >= 0.3 is 5.97 Å². The van der Waals surface area contributed by atoms with Gasteiger partial charge in [0.05, 0.1) is 12.2 Å². The fourth-order valence-corrected chi connectivity index (χ4v) is 3.58. The summed E-state index contributed by atoms with van der Waals surface area (Å²) in [6.45, 7) is 7.92. The van der Waals surface area contributed by atoms with Gasteiger partial charge in [-0.2, -0.15) is 0 Å². The van der Waals surface area contributed by atoms with E-state index in [9.17, 15) is 14.7 Å². The van der Waals surface area contributed by atoms with Crippen LogP contribution in [0.25, 0.3) is 0 Å². The third-order valence-corrected chi connectivity index (χ3v) is 5.26. The van der Waals surface area contributed by atoms with Crippen LogP contribution >= 0.6 is 0 Å². The minimum Gasteiger partial charge on any atom is -0.463 e. The Bertz CT molecular complexity index is 445. The standard InChI is InChI=1S/C15H28O2.C10H18O2.CH4O/c1-2-3-4-5-6-7-14(16)10-8-13-9-11-15(17)12-13;1-4-5-6-7-8-10(11)12-9(2)3;1-2/h13,15,17H,2-12H2,1H3;4-5,9H,6-8H2,1-3H3;2H,1H3/b;5-4-;. The maximum absolute atomic E-state index is 11.7. The van der Waals surface area contributed by atoms with Crippen molar-refractivity contribution in [1.29, 1.82) is 0 Å². The second-order valence-corrected chi connectivity index (χ2v) is 8.57. The van der Waals surface area contributed by atoms with Crippen molar-refractivity contribution >= 4 is 11.8 Å². The molecular formula is C26H50O5. The molecule has 5 nitrogen and oxygen atoms in total. The first kappa shape index (κ1) is 32.0. The molecule has 1 aliphatic rings. The molecule has 2 unspecified atom stereocenters. The molecule has 1 aliphatic carbocycles. The van der Waals surface area contributed by atoms with Crippen molar-refractivity contribution in [2.45, 2.75) is 130 Å². The zero-order chi connectivity index (χ0) is 23.9. The number of hydrogen-bond acceptors (Lipinski definition) is 5. The van der Waals surface area contributed by atoms with Gasteiger partial charge in [-0.3, -0.25) is 9.59 Å². The van der Waals surface area contributed by atoms with E-state index in [-0.39, 0.29) is 18.2 Å². The first-order valence-corrected chi connectivity index (χ1v) is 12.3. The summed E-state index contributed by atoms with van der Waals surface area (Å²) in [5.41, 5.74) is 0. The molecular weight excluding hydrogens is 392 g/mol. The van der Waals surface area contributed by atoms with E-state index >= 15 is 0 Å². The van der Waals surface area contributed by atoms with E-state index in [4.69, 9.17) is 9.84 Å². The monoisotopic (exact) mass is 442 g/mol. The molecule has 0 heterocycles. The number of carbonyl (C=O) groups excluding carboxylic acids is 2. The van der Waals surface area contributed by atoms with Crippen LogP contribution in [0.4, 0.5) is 0 Å². The fraction of sp³-hybridized carbons (Fsp3) is 0.846. The van der Waals surface area contributed by atoms with Crippen LogP contribution in [-0.4, -0.2) is 41.3 Å². The molecule has 0 spiro atoms. The van der Waals surface area contributed by atoms with Gasteiger partial charge in [0.2, 0.25) is 0 Å². The van der Waals surface area contributed by atoms with E-state index in [1.54, 1.807) is 0 Å². The minimum absolute atomic E-state index is 0.0132. The Morgan fingerprint density at radius 2 is 1.68 bits per heavy atom. The predicted molar refractivity (Wildman–Crippen MR) is 129 cm³/mol. The highest BCUT2D eigenvalue weighted by atomic mass is 16.5. The lowest BCUT2D eigenvalue weighted by molar-refractivity contribution is -0.147. The molecule has 1 rings (SSSR count). The van der Waals surface area contributed by atoms with E-state index in [0.717, 1.165) is 64.9 Å². The van der Waals surface area contributed by atoms with E-state index in [1.807, 2.05) is 26.8 Å². The molecule has 1 fully saturated rings. The number of hydrogen-bond donors (Lipinski definition) is 2. The predicted octanol–water partition coefficient (Wildman–Crippen LogP) is 6.15. The highest BCUT2D eigenvalue weighted by Crippen LogP contribution is 2.29. The molecule has 0 aromatic heterocycles. The summed E-state index contributed by atoms with van der Waals surface area (Å²) in [7, 11) is 1.00. The molecule has 5 heteroatoms. The van der Waals surface area contributed by atoms with Crippen LogP contribution in [0.15, 0.2) is 12.2 Å². The molecule has 0 amide bonds. The van der Waals surface area contributed by atoms with Crippen LogP contribution in [0.5, 0.6) is 0 Å². The van der Waals surface area contributed by atoms with Crippen LogP contribution in [0.1, 0.15) is 118 Å². The van der Waals surface area contributed by atoms with E-state index in [0.29, 0.717) is 18.1 Å². The van der Waals surface area contributed by atoms with Gasteiger partial charge in [-0.15, -0.1) is 0 Å².